The maximum atomic E-state index is 5.96. The van der Waals surface area contributed by atoms with Gasteiger partial charge in [-0.2, -0.15) is 0 Å². The van der Waals surface area contributed by atoms with Crippen LogP contribution >= 0.6 is 22.9 Å². The molecule has 19 heavy (non-hydrogen) atoms. The second kappa shape index (κ2) is 5.15. The highest BCUT2D eigenvalue weighted by atomic mass is 35.5. The van der Waals surface area contributed by atoms with Gasteiger partial charge in [-0.25, -0.2) is 0 Å². The summed E-state index contributed by atoms with van der Waals surface area (Å²) in [6, 6.07) is 10.2. The van der Waals surface area contributed by atoms with Crippen molar-refractivity contribution >= 4 is 39.7 Å². The predicted molar refractivity (Wildman–Crippen MR) is 80.9 cm³/mol. The molecule has 3 aromatic rings. The summed E-state index contributed by atoms with van der Waals surface area (Å²) < 4.78 is 0.813. The van der Waals surface area contributed by atoms with Crippen LogP contribution in [-0.4, -0.2) is 9.97 Å². The van der Waals surface area contributed by atoms with Crippen LogP contribution in [0.5, 0.6) is 0 Å². The van der Waals surface area contributed by atoms with Gasteiger partial charge in [0.1, 0.15) is 0 Å². The van der Waals surface area contributed by atoms with Gasteiger partial charge in [0.25, 0.3) is 0 Å². The van der Waals surface area contributed by atoms with Crippen molar-refractivity contribution in [1.29, 1.82) is 0 Å². The Balaban J connectivity index is 1.84. The van der Waals surface area contributed by atoms with Crippen LogP contribution < -0.4 is 5.32 Å². The number of nitrogens with one attached hydrogen (secondary N) is 1. The molecular formula is C14H12ClN3S. The largest absolute Gasteiger partial charge is 0.378 e. The van der Waals surface area contributed by atoms with Crippen LogP contribution in [-0.2, 0) is 0 Å². The second-order valence-electron chi connectivity index (χ2n) is 4.27. The number of nitrogens with zero attached hydrogens (tertiary/aromatic N) is 2. The third kappa shape index (κ3) is 2.69. The summed E-state index contributed by atoms with van der Waals surface area (Å²) in [7, 11) is 0. The molecule has 2 aromatic heterocycles. The Morgan fingerprint density at radius 1 is 1.11 bits per heavy atom. The third-order valence-electron chi connectivity index (χ3n) is 2.87. The van der Waals surface area contributed by atoms with Crippen molar-refractivity contribution in [3.63, 3.8) is 0 Å². The first-order valence-electron chi connectivity index (χ1n) is 5.95. The normalized spacial score (nSPS) is 12.5. The summed E-state index contributed by atoms with van der Waals surface area (Å²) in [6.45, 7) is 2.11. The number of anilines is 1. The molecule has 5 heteroatoms. The van der Waals surface area contributed by atoms with E-state index in [9.17, 15) is 0 Å². The molecule has 0 saturated carbocycles. The number of aromatic nitrogens is 2. The summed E-state index contributed by atoms with van der Waals surface area (Å²) in [5.74, 6) is 0. The maximum Gasteiger partial charge on any atom is 0.0932 e. The Bertz CT molecular complexity index is 710. The fourth-order valence-electron chi connectivity index (χ4n) is 1.94. The van der Waals surface area contributed by atoms with Gasteiger partial charge in [0.05, 0.1) is 21.4 Å². The number of hydrogen-bond acceptors (Lipinski definition) is 4. The second-order valence-corrected chi connectivity index (χ2v) is 6.01. The molecule has 0 aliphatic carbocycles. The zero-order valence-corrected chi connectivity index (χ0v) is 11.9. The zero-order valence-electron chi connectivity index (χ0n) is 10.3. The molecule has 96 valence electrons. The smallest absolute Gasteiger partial charge is 0.0932 e. The SMILES string of the molecule is CC(Nc1ccc2nccnc2c1)c1ccc(Cl)s1. The van der Waals surface area contributed by atoms with E-state index in [1.807, 2.05) is 30.3 Å². The molecule has 0 fully saturated rings. The first-order chi connectivity index (χ1) is 9.22. The molecule has 1 atom stereocenters. The summed E-state index contributed by atoms with van der Waals surface area (Å²) in [5, 5.41) is 3.45. The van der Waals surface area contributed by atoms with Crippen LogP contribution in [0, 0.1) is 0 Å². The molecule has 2 heterocycles. The van der Waals surface area contributed by atoms with Crippen LogP contribution in [0.15, 0.2) is 42.7 Å². The fraction of sp³-hybridized carbons (Fsp3) is 0.143. The number of halogens is 1. The van der Waals surface area contributed by atoms with Gasteiger partial charge in [-0.1, -0.05) is 11.6 Å². The van der Waals surface area contributed by atoms with Gasteiger partial charge in [-0.15, -0.1) is 11.3 Å². The standard InChI is InChI=1S/C14H12ClN3S/c1-9(13-4-5-14(15)19-13)18-10-2-3-11-12(8-10)17-7-6-16-11/h2-9,18H,1H3. The lowest BCUT2D eigenvalue weighted by Gasteiger charge is -2.13. The summed E-state index contributed by atoms with van der Waals surface area (Å²) in [5.41, 5.74) is 2.83. The number of thiophene rings is 1. The van der Waals surface area contributed by atoms with Crippen LogP contribution in [0.1, 0.15) is 17.8 Å². The Hall–Kier alpha value is -1.65. The van der Waals surface area contributed by atoms with E-state index in [1.54, 1.807) is 23.7 Å². The number of benzene rings is 1. The van der Waals surface area contributed by atoms with Gasteiger partial charge in [0, 0.05) is 23.0 Å². The number of fused-ring (bicyclic) bond motifs is 1. The first kappa shape index (κ1) is 12.4. The molecule has 3 nitrogen and oxygen atoms in total. The Labute approximate surface area is 120 Å². The number of rotatable bonds is 3. The van der Waals surface area contributed by atoms with E-state index < -0.39 is 0 Å². The van der Waals surface area contributed by atoms with E-state index in [4.69, 9.17) is 11.6 Å². The highest BCUT2D eigenvalue weighted by molar-refractivity contribution is 7.16. The average molecular weight is 290 g/mol. The van der Waals surface area contributed by atoms with Gasteiger partial charge in [-0.05, 0) is 37.3 Å². The molecule has 0 aliphatic rings. The van der Waals surface area contributed by atoms with Crippen molar-refractivity contribution in [2.75, 3.05) is 5.32 Å². The van der Waals surface area contributed by atoms with E-state index in [0.29, 0.717) is 0 Å². The minimum Gasteiger partial charge on any atom is -0.378 e. The highest BCUT2D eigenvalue weighted by Gasteiger charge is 2.08. The lowest BCUT2D eigenvalue weighted by Crippen LogP contribution is -2.04. The van der Waals surface area contributed by atoms with Crippen molar-refractivity contribution in [1.82, 2.24) is 9.97 Å². The van der Waals surface area contributed by atoms with E-state index >= 15 is 0 Å². The van der Waals surface area contributed by atoms with Crippen molar-refractivity contribution < 1.29 is 0 Å². The topological polar surface area (TPSA) is 37.8 Å². The molecule has 0 bridgehead atoms. The van der Waals surface area contributed by atoms with Gasteiger partial charge in [0.15, 0.2) is 0 Å². The molecule has 0 amide bonds. The monoisotopic (exact) mass is 289 g/mol. The van der Waals surface area contributed by atoms with Crippen molar-refractivity contribution in [2.45, 2.75) is 13.0 Å². The number of hydrogen-bond donors (Lipinski definition) is 1. The maximum absolute atomic E-state index is 5.96. The fourth-order valence-corrected chi connectivity index (χ4v) is 3.00. The Morgan fingerprint density at radius 3 is 2.63 bits per heavy atom. The van der Waals surface area contributed by atoms with Crippen molar-refractivity contribution in [3.05, 3.63) is 51.9 Å². The van der Waals surface area contributed by atoms with E-state index in [2.05, 4.69) is 22.2 Å². The Morgan fingerprint density at radius 2 is 1.89 bits per heavy atom. The van der Waals surface area contributed by atoms with Crippen molar-refractivity contribution in [3.8, 4) is 0 Å². The summed E-state index contributed by atoms with van der Waals surface area (Å²) in [4.78, 5) is 9.77. The molecule has 1 unspecified atom stereocenters. The molecule has 1 aromatic carbocycles. The summed E-state index contributed by atoms with van der Waals surface area (Å²) in [6.07, 6.45) is 3.40. The summed E-state index contributed by atoms with van der Waals surface area (Å²) >= 11 is 7.55. The van der Waals surface area contributed by atoms with Crippen LogP contribution in [0.25, 0.3) is 11.0 Å². The van der Waals surface area contributed by atoms with Crippen LogP contribution in [0.2, 0.25) is 4.34 Å². The minimum atomic E-state index is 0.214. The third-order valence-corrected chi connectivity index (χ3v) is 4.29. The van der Waals surface area contributed by atoms with E-state index in [-0.39, 0.29) is 6.04 Å². The van der Waals surface area contributed by atoms with Crippen LogP contribution in [0.3, 0.4) is 0 Å². The van der Waals surface area contributed by atoms with E-state index in [0.717, 1.165) is 21.1 Å². The first-order valence-corrected chi connectivity index (χ1v) is 7.14. The average Bonchev–Trinajstić information content (AvgIpc) is 2.85. The van der Waals surface area contributed by atoms with Gasteiger partial charge < -0.3 is 5.32 Å². The molecule has 1 N–H and O–H groups in total. The Kier molecular flexibility index (Phi) is 3.36. The molecule has 0 spiro atoms. The predicted octanol–water partition coefficient (Wildman–Crippen LogP) is 4.52. The van der Waals surface area contributed by atoms with Gasteiger partial charge in [-0.3, -0.25) is 9.97 Å². The lowest BCUT2D eigenvalue weighted by molar-refractivity contribution is 0.908. The molecule has 0 aliphatic heterocycles. The van der Waals surface area contributed by atoms with Crippen LogP contribution in [0.4, 0.5) is 5.69 Å². The zero-order chi connectivity index (χ0) is 13.2. The van der Waals surface area contributed by atoms with E-state index in [1.165, 1.54) is 4.88 Å². The lowest BCUT2D eigenvalue weighted by atomic mass is 10.2. The molecule has 0 saturated heterocycles. The molecule has 0 radical (unpaired) electrons. The molecular weight excluding hydrogens is 278 g/mol. The minimum absolute atomic E-state index is 0.214. The highest BCUT2D eigenvalue weighted by Crippen LogP contribution is 2.29. The molecule has 3 rings (SSSR count). The van der Waals surface area contributed by atoms with Crippen molar-refractivity contribution in [2.24, 2.45) is 0 Å². The quantitative estimate of drug-likeness (QED) is 0.770. The van der Waals surface area contributed by atoms with Gasteiger partial charge >= 0.3 is 0 Å². The van der Waals surface area contributed by atoms with Gasteiger partial charge in [0.2, 0.25) is 0 Å².